The lowest BCUT2D eigenvalue weighted by molar-refractivity contribution is -0.117. The fraction of sp³-hybridized carbons (Fsp3) is 0.152. The molecule has 43 heavy (non-hydrogen) atoms. The number of carbonyl (C=O) groups is 2. The second-order valence-corrected chi connectivity index (χ2v) is 11.5. The molecule has 2 heterocycles. The molecule has 0 saturated carbocycles. The van der Waals surface area contributed by atoms with Crippen LogP contribution in [0.5, 0.6) is 11.5 Å². The topological polar surface area (TPSA) is 102 Å². The van der Waals surface area contributed by atoms with Gasteiger partial charge in [-0.15, -0.1) is 10.2 Å². The summed E-state index contributed by atoms with van der Waals surface area (Å²) in [5, 5.41) is 20.0. The average Bonchev–Trinajstić information content (AvgIpc) is 3.61. The predicted octanol–water partition coefficient (Wildman–Crippen LogP) is 6.98. The first kappa shape index (κ1) is 29.8. The fourth-order valence-electron chi connectivity index (χ4n) is 4.50. The maximum atomic E-state index is 13.6. The van der Waals surface area contributed by atoms with Crippen LogP contribution in [0, 0.1) is 0 Å². The van der Waals surface area contributed by atoms with Crippen LogP contribution in [0.25, 0.3) is 6.08 Å². The van der Waals surface area contributed by atoms with Gasteiger partial charge in [0, 0.05) is 5.75 Å². The number of aliphatic hydroxyl groups is 1. The van der Waals surface area contributed by atoms with Crippen LogP contribution in [0.1, 0.15) is 29.7 Å². The summed E-state index contributed by atoms with van der Waals surface area (Å²) in [6, 6.07) is 23.4. The van der Waals surface area contributed by atoms with E-state index in [0.29, 0.717) is 33.8 Å². The molecule has 1 N–H and O–H groups in total. The molecule has 5 rings (SSSR count). The molecule has 1 unspecified atom stereocenters. The first-order valence-electron chi connectivity index (χ1n) is 13.5. The van der Waals surface area contributed by atoms with E-state index in [0.717, 1.165) is 11.1 Å². The van der Waals surface area contributed by atoms with E-state index < -0.39 is 23.5 Å². The standard InChI is InChI=1S/C33H29N3O5S2/c1-3-19-41-26-18-16-24(20-27(26)40-4-2)29-28(25(37)17-15-22-11-7-5-8-12-22)30(38)31(39)36(29)32-34-35-33(43-32)42-21-23-13-9-6-10-14-23/h3,5-18,20,29,38H,1,4,19,21H2,2H3/b17-15+. The number of nitrogens with zero attached hydrogens (tertiary/aromatic N) is 3. The van der Waals surface area contributed by atoms with Gasteiger partial charge in [-0.3, -0.25) is 14.5 Å². The minimum Gasteiger partial charge on any atom is -0.503 e. The molecule has 0 aliphatic carbocycles. The molecule has 1 aromatic heterocycles. The van der Waals surface area contributed by atoms with Gasteiger partial charge in [0.1, 0.15) is 6.61 Å². The van der Waals surface area contributed by atoms with Crippen LogP contribution in [0.3, 0.4) is 0 Å². The number of amides is 1. The van der Waals surface area contributed by atoms with E-state index in [1.54, 1.807) is 30.4 Å². The summed E-state index contributed by atoms with van der Waals surface area (Å²) in [4.78, 5) is 28.5. The Morgan fingerprint density at radius 1 is 1.05 bits per heavy atom. The number of aliphatic hydroxyl groups excluding tert-OH is 1. The smallest absolute Gasteiger partial charge is 0.296 e. The van der Waals surface area contributed by atoms with Crippen molar-refractivity contribution in [3.63, 3.8) is 0 Å². The maximum Gasteiger partial charge on any atom is 0.296 e. The number of ether oxygens (including phenoxy) is 2. The zero-order valence-corrected chi connectivity index (χ0v) is 25.0. The highest BCUT2D eigenvalue weighted by molar-refractivity contribution is 8.00. The van der Waals surface area contributed by atoms with Crippen molar-refractivity contribution in [3.05, 3.63) is 126 Å². The average molecular weight is 612 g/mol. The normalized spacial score (nSPS) is 14.9. The number of ketones is 1. The van der Waals surface area contributed by atoms with Crippen molar-refractivity contribution in [1.82, 2.24) is 10.2 Å². The Hall–Kier alpha value is -4.67. The van der Waals surface area contributed by atoms with Crippen LogP contribution in [-0.4, -0.2) is 40.2 Å². The van der Waals surface area contributed by atoms with E-state index in [1.165, 1.54) is 34.1 Å². The Balaban J connectivity index is 1.52. The van der Waals surface area contributed by atoms with Crippen molar-refractivity contribution >= 4 is 46.0 Å². The molecular formula is C33H29N3O5S2. The molecule has 8 nitrogen and oxygen atoms in total. The van der Waals surface area contributed by atoms with Gasteiger partial charge < -0.3 is 14.6 Å². The van der Waals surface area contributed by atoms with Crippen molar-refractivity contribution in [2.75, 3.05) is 18.1 Å². The molecule has 10 heteroatoms. The van der Waals surface area contributed by atoms with E-state index >= 15 is 0 Å². The molecule has 0 fully saturated rings. The SMILES string of the molecule is C=CCOc1ccc(C2C(C(=O)/C=C/c3ccccc3)=C(O)C(=O)N2c2nnc(SCc3ccccc3)s2)cc1OCC. The molecular weight excluding hydrogens is 583 g/mol. The number of allylic oxidation sites excluding steroid dienone is 1. The summed E-state index contributed by atoms with van der Waals surface area (Å²) >= 11 is 2.71. The van der Waals surface area contributed by atoms with Crippen LogP contribution in [0.4, 0.5) is 5.13 Å². The van der Waals surface area contributed by atoms with E-state index in [9.17, 15) is 14.7 Å². The van der Waals surface area contributed by atoms with E-state index in [1.807, 2.05) is 67.6 Å². The van der Waals surface area contributed by atoms with Gasteiger partial charge in [-0.1, -0.05) is 109 Å². The Bertz CT molecular complexity index is 1670. The number of hydrogen-bond acceptors (Lipinski definition) is 9. The van der Waals surface area contributed by atoms with Crippen LogP contribution in [-0.2, 0) is 15.3 Å². The molecule has 1 amide bonds. The fourth-order valence-corrected chi connectivity index (χ4v) is 6.33. The number of anilines is 1. The molecule has 0 bridgehead atoms. The van der Waals surface area contributed by atoms with Crippen LogP contribution in [0.15, 0.2) is 113 Å². The number of benzene rings is 3. The number of carbonyl (C=O) groups excluding carboxylic acids is 2. The highest BCUT2D eigenvalue weighted by Gasteiger charge is 2.45. The quantitative estimate of drug-likeness (QED) is 0.0748. The number of aromatic nitrogens is 2. The maximum absolute atomic E-state index is 13.6. The van der Waals surface area contributed by atoms with E-state index in [-0.39, 0.29) is 17.3 Å². The minimum absolute atomic E-state index is 0.0620. The van der Waals surface area contributed by atoms with Gasteiger partial charge >= 0.3 is 0 Å². The zero-order valence-electron chi connectivity index (χ0n) is 23.4. The third-order valence-electron chi connectivity index (χ3n) is 6.45. The summed E-state index contributed by atoms with van der Waals surface area (Å²) < 4.78 is 12.2. The number of thioether (sulfide) groups is 1. The van der Waals surface area contributed by atoms with Crippen LogP contribution < -0.4 is 14.4 Å². The highest BCUT2D eigenvalue weighted by atomic mass is 32.2. The first-order valence-corrected chi connectivity index (χ1v) is 15.3. The molecule has 0 spiro atoms. The minimum atomic E-state index is -0.979. The van der Waals surface area contributed by atoms with Gasteiger partial charge in [0.15, 0.2) is 27.4 Å². The Kier molecular flexibility index (Phi) is 9.70. The molecule has 1 atom stereocenters. The largest absolute Gasteiger partial charge is 0.503 e. The Morgan fingerprint density at radius 3 is 2.51 bits per heavy atom. The molecule has 218 valence electrons. The summed E-state index contributed by atoms with van der Waals surface area (Å²) in [6.07, 6.45) is 4.63. The summed E-state index contributed by atoms with van der Waals surface area (Å²) in [7, 11) is 0. The zero-order chi connectivity index (χ0) is 30.2. The van der Waals surface area contributed by atoms with Gasteiger partial charge in [0.2, 0.25) is 5.13 Å². The number of rotatable bonds is 13. The van der Waals surface area contributed by atoms with Crippen LogP contribution >= 0.6 is 23.1 Å². The van der Waals surface area contributed by atoms with Gasteiger partial charge in [-0.05, 0) is 41.8 Å². The van der Waals surface area contributed by atoms with Crippen molar-refractivity contribution in [3.8, 4) is 11.5 Å². The summed E-state index contributed by atoms with van der Waals surface area (Å²) in [5.74, 6) is -0.275. The van der Waals surface area contributed by atoms with E-state index in [4.69, 9.17) is 9.47 Å². The van der Waals surface area contributed by atoms with Gasteiger partial charge in [-0.2, -0.15) is 0 Å². The third-order valence-corrected chi connectivity index (χ3v) is 8.57. The third kappa shape index (κ3) is 6.87. The second-order valence-electron chi connectivity index (χ2n) is 9.31. The highest BCUT2D eigenvalue weighted by Crippen LogP contribution is 2.45. The lowest BCUT2D eigenvalue weighted by atomic mass is 9.95. The first-order chi connectivity index (χ1) is 21.0. The van der Waals surface area contributed by atoms with Gasteiger partial charge in [-0.25, -0.2) is 0 Å². The lowest BCUT2D eigenvalue weighted by Gasteiger charge is -2.24. The molecule has 0 saturated heterocycles. The summed E-state index contributed by atoms with van der Waals surface area (Å²) in [6.45, 7) is 6.18. The van der Waals surface area contributed by atoms with Crippen molar-refractivity contribution < 1.29 is 24.2 Å². The molecule has 3 aromatic carbocycles. The van der Waals surface area contributed by atoms with Gasteiger partial charge in [0.05, 0.1) is 18.2 Å². The molecule has 1 aliphatic rings. The van der Waals surface area contributed by atoms with Crippen molar-refractivity contribution in [1.29, 1.82) is 0 Å². The monoisotopic (exact) mass is 611 g/mol. The Labute approximate surface area is 258 Å². The van der Waals surface area contributed by atoms with Crippen molar-refractivity contribution in [2.24, 2.45) is 0 Å². The van der Waals surface area contributed by atoms with Crippen LogP contribution in [0.2, 0.25) is 0 Å². The lowest BCUT2D eigenvalue weighted by Crippen LogP contribution is -2.31. The summed E-state index contributed by atoms with van der Waals surface area (Å²) in [5.41, 5.74) is 2.41. The predicted molar refractivity (Wildman–Crippen MR) is 170 cm³/mol. The molecule has 1 aliphatic heterocycles. The number of hydrogen-bond donors (Lipinski definition) is 1. The molecule has 4 aromatic rings. The molecule has 0 radical (unpaired) electrons. The van der Waals surface area contributed by atoms with Crippen molar-refractivity contribution in [2.45, 2.75) is 23.1 Å². The second kappa shape index (κ2) is 14.0. The Morgan fingerprint density at radius 2 is 1.79 bits per heavy atom. The van der Waals surface area contributed by atoms with E-state index in [2.05, 4.69) is 16.8 Å². The van der Waals surface area contributed by atoms with Gasteiger partial charge in [0.25, 0.3) is 5.91 Å².